The van der Waals surface area contributed by atoms with Gasteiger partial charge in [0.15, 0.2) is 0 Å². The second kappa shape index (κ2) is 7.36. The molecule has 2 aromatic carbocycles. The van der Waals surface area contributed by atoms with Crippen molar-refractivity contribution in [2.75, 3.05) is 11.1 Å². The molecule has 0 saturated carbocycles. The van der Waals surface area contributed by atoms with Crippen molar-refractivity contribution in [3.8, 4) is 0 Å². The third kappa shape index (κ3) is 4.44. The molecule has 0 spiro atoms. The van der Waals surface area contributed by atoms with Gasteiger partial charge < -0.3 is 11.1 Å². The first-order valence-electron chi connectivity index (χ1n) is 6.42. The monoisotopic (exact) mass is 282 g/mol. The van der Waals surface area contributed by atoms with Gasteiger partial charge in [0.2, 0.25) is 0 Å². The number of hydrogen-bond acceptors (Lipinski definition) is 3. The third-order valence-corrected chi connectivity index (χ3v) is 3.47. The van der Waals surface area contributed by atoms with Gasteiger partial charge >= 0.3 is 0 Å². The van der Waals surface area contributed by atoms with Crippen LogP contribution in [0.25, 0.3) is 0 Å². The van der Waals surface area contributed by atoms with E-state index in [0.29, 0.717) is 0 Å². The summed E-state index contributed by atoms with van der Waals surface area (Å²) in [5.74, 6) is 0. The van der Waals surface area contributed by atoms with Gasteiger partial charge in [-0.15, -0.1) is 11.3 Å². The van der Waals surface area contributed by atoms with Crippen LogP contribution in [-0.2, 0) is 0 Å². The van der Waals surface area contributed by atoms with Gasteiger partial charge in [0.1, 0.15) is 0 Å². The average Bonchev–Trinajstić information content (AvgIpc) is 2.96. The number of rotatable bonds is 2. The molecule has 3 aromatic rings. The van der Waals surface area contributed by atoms with Crippen LogP contribution in [0.5, 0.6) is 0 Å². The quantitative estimate of drug-likeness (QED) is 0.644. The summed E-state index contributed by atoms with van der Waals surface area (Å²) in [6, 6.07) is 22.0. The fourth-order valence-electron chi connectivity index (χ4n) is 1.63. The van der Waals surface area contributed by atoms with E-state index in [1.165, 1.54) is 5.56 Å². The molecule has 3 rings (SSSR count). The van der Waals surface area contributed by atoms with Gasteiger partial charge in [-0.2, -0.15) is 0 Å². The molecular formula is C17H18N2S. The molecule has 1 aromatic heterocycles. The molecule has 3 heteroatoms. The Hall–Kier alpha value is -2.26. The number of aryl methyl sites for hydroxylation is 1. The smallest absolute Gasteiger partial charge is 0.0927 e. The van der Waals surface area contributed by atoms with E-state index in [-0.39, 0.29) is 0 Å². The maximum absolute atomic E-state index is 5.78. The van der Waals surface area contributed by atoms with E-state index in [1.807, 2.05) is 60.0 Å². The largest absolute Gasteiger partial charge is 0.397 e. The summed E-state index contributed by atoms with van der Waals surface area (Å²) in [5.41, 5.74) is 8.84. The summed E-state index contributed by atoms with van der Waals surface area (Å²) in [7, 11) is 0. The third-order valence-electron chi connectivity index (χ3n) is 2.68. The zero-order valence-corrected chi connectivity index (χ0v) is 12.2. The maximum atomic E-state index is 5.78. The highest BCUT2D eigenvalue weighted by atomic mass is 32.1. The number of nitrogen functional groups attached to an aromatic ring is 1. The first-order chi connectivity index (χ1) is 9.75. The normalized spacial score (nSPS) is 9.45. The molecule has 0 saturated heterocycles. The van der Waals surface area contributed by atoms with Crippen molar-refractivity contribution in [2.24, 2.45) is 0 Å². The van der Waals surface area contributed by atoms with E-state index in [2.05, 4.69) is 24.4 Å². The van der Waals surface area contributed by atoms with Crippen LogP contribution < -0.4 is 11.1 Å². The molecule has 0 atom stereocenters. The van der Waals surface area contributed by atoms with Crippen LogP contribution in [0, 0.1) is 6.92 Å². The van der Waals surface area contributed by atoms with Gasteiger partial charge in [-0.05, 0) is 36.6 Å². The van der Waals surface area contributed by atoms with Crippen molar-refractivity contribution in [3.05, 3.63) is 77.7 Å². The summed E-state index contributed by atoms with van der Waals surface area (Å²) in [4.78, 5) is 0. The highest BCUT2D eigenvalue weighted by Crippen LogP contribution is 2.25. The van der Waals surface area contributed by atoms with Gasteiger partial charge in [0.05, 0.1) is 16.4 Å². The van der Waals surface area contributed by atoms with E-state index in [0.717, 1.165) is 16.4 Å². The van der Waals surface area contributed by atoms with E-state index >= 15 is 0 Å². The minimum Gasteiger partial charge on any atom is -0.397 e. The second-order valence-corrected chi connectivity index (χ2v) is 5.29. The topological polar surface area (TPSA) is 38.0 Å². The minimum atomic E-state index is 0.774. The van der Waals surface area contributed by atoms with E-state index in [4.69, 9.17) is 5.73 Å². The van der Waals surface area contributed by atoms with Crippen LogP contribution in [0.2, 0.25) is 0 Å². The van der Waals surface area contributed by atoms with Crippen molar-refractivity contribution in [2.45, 2.75) is 6.92 Å². The number of para-hydroxylation sites is 2. The number of anilines is 3. The molecule has 0 radical (unpaired) electrons. The average molecular weight is 282 g/mol. The van der Waals surface area contributed by atoms with Crippen LogP contribution in [0.4, 0.5) is 16.4 Å². The summed E-state index contributed by atoms with van der Waals surface area (Å²) < 4.78 is 0. The lowest BCUT2D eigenvalue weighted by molar-refractivity contribution is 1.48. The summed E-state index contributed by atoms with van der Waals surface area (Å²) in [5, 5.41) is 6.38. The molecule has 0 aliphatic heterocycles. The van der Waals surface area contributed by atoms with Crippen LogP contribution in [-0.4, -0.2) is 0 Å². The van der Waals surface area contributed by atoms with Gasteiger partial charge in [-0.25, -0.2) is 0 Å². The number of thiophene rings is 1. The summed E-state index contributed by atoms with van der Waals surface area (Å²) in [6.07, 6.45) is 0. The summed E-state index contributed by atoms with van der Waals surface area (Å²) in [6.45, 7) is 2.08. The van der Waals surface area contributed by atoms with Crippen LogP contribution in [0.3, 0.4) is 0 Å². The van der Waals surface area contributed by atoms with Gasteiger partial charge in [-0.1, -0.05) is 48.0 Å². The highest BCUT2D eigenvalue weighted by molar-refractivity contribution is 7.14. The molecule has 0 aliphatic carbocycles. The Morgan fingerprint density at radius 1 is 0.850 bits per heavy atom. The Morgan fingerprint density at radius 3 is 2.10 bits per heavy atom. The molecule has 102 valence electrons. The number of nitrogens with one attached hydrogen (secondary N) is 1. The fourth-order valence-corrected chi connectivity index (χ4v) is 2.26. The summed E-state index contributed by atoms with van der Waals surface area (Å²) >= 11 is 1.66. The molecule has 0 fully saturated rings. The number of benzene rings is 2. The molecule has 3 N–H and O–H groups in total. The van der Waals surface area contributed by atoms with Crippen LogP contribution in [0.15, 0.2) is 72.1 Å². The number of hydrogen-bond donors (Lipinski definition) is 2. The van der Waals surface area contributed by atoms with Gasteiger partial charge in [0.25, 0.3) is 0 Å². The van der Waals surface area contributed by atoms with Crippen molar-refractivity contribution in [3.63, 3.8) is 0 Å². The number of nitrogens with two attached hydrogens (primary N) is 1. The Labute approximate surface area is 123 Å². The van der Waals surface area contributed by atoms with Gasteiger partial charge in [0, 0.05) is 0 Å². The maximum Gasteiger partial charge on any atom is 0.0927 e. The van der Waals surface area contributed by atoms with Crippen molar-refractivity contribution in [1.82, 2.24) is 0 Å². The van der Waals surface area contributed by atoms with Crippen LogP contribution in [0.1, 0.15) is 5.56 Å². The van der Waals surface area contributed by atoms with Crippen molar-refractivity contribution in [1.29, 1.82) is 0 Å². The molecule has 0 bridgehead atoms. The molecule has 0 unspecified atom stereocenters. The zero-order valence-electron chi connectivity index (χ0n) is 11.4. The molecule has 0 aliphatic rings. The fraction of sp³-hybridized carbons (Fsp3) is 0.0588. The Kier molecular flexibility index (Phi) is 5.21. The minimum absolute atomic E-state index is 0.774. The lowest BCUT2D eigenvalue weighted by Crippen LogP contribution is -1.93. The molecule has 2 nitrogen and oxygen atoms in total. The second-order valence-electron chi connectivity index (χ2n) is 4.34. The first kappa shape index (κ1) is 14.2. The predicted molar refractivity (Wildman–Crippen MR) is 89.6 cm³/mol. The molecule has 0 amide bonds. The highest BCUT2D eigenvalue weighted by Gasteiger charge is 1.97. The predicted octanol–water partition coefficient (Wildman–Crippen LogP) is 5.07. The standard InChI is InChI=1S/C10H10N2S.C7H8/c11-8-4-1-2-5-9(8)12-10-6-3-7-13-10;1-7-5-3-2-4-6-7/h1-7,12H,11H2;2-6H,1H3. The first-order valence-corrected chi connectivity index (χ1v) is 7.30. The molecule has 1 heterocycles. The van der Waals surface area contributed by atoms with E-state index < -0.39 is 0 Å². The lowest BCUT2D eigenvalue weighted by atomic mass is 10.2. The Bertz CT molecular complexity index is 619. The van der Waals surface area contributed by atoms with Gasteiger partial charge in [-0.3, -0.25) is 0 Å². The van der Waals surface area contributed by atoms with E-state index in [1.54, 1.807) is 11.3 Å². The zero-order chi connectivity index (χ0) is 14.2. The van der Waals surface area contributed by atoms with Crippen LogP contribution >= 0.6 is 11.3 Å². The lowest BCUT2D eigenvalue weighted by Gasteiger charge is -2.05. The Morgan fingerprint density at radius 2 is 1.55 bits per heavy atom. The van der Waals surface area contributed by atoms with Crippen molar-refractivity contribution >= 4 is 27.7 Å². The Balaban J connectivity index is 0.000000178. The molecular weight excluding hydrogens is 264 g/mol. The van der Waals surface area contributed by atoms with E-state index in [9.17, 15) is 0 Å². The van der Waals surface area contributed by atoms with Crippen molar-refractivity contribution < 1.29 is 0 Å². The molecule has 20 heavy (non-hydrogen) atoms. The SMILES string of the molecule is Cc1ccccc1.Nc1ccccc1Nc1cccs1.